The first-order valence-electron chi connectivity index (χ1n) is 8.72. The van der Waals surface area contributed by atoms with E-state index in [2.05, 4.69) is 56.1 Å². The van der Waals surface area contributed by atoms with Crippen molar-refractivity contribution < 1.29 is 9.47 Å². The smallest absolute Gasteiger partial charge is 0.142 e. The second-order valence-corrected chi connectivity index (χ2v) is 6.99. The minimum atomic E-state index is 0.698. The van der Waals surface area contributed by atoms with Crippen molar-refractivity contribution in [3.05, 3.63) is 52.5 Å². The summed E-state index contributed by atoms with van der Waals surface area (Å²) in [4.78, 5) is 4.92. The van der Waals surface area contributed by atoms with E-state index < -0.39 is 0 Å². The summed E-state index contributed by atoms with van der Waals surface area (Å²) in [5.74, 6) is 1.86. The van der Waals surface area contributed by atoms with Crippen LogP contribution in [0, 0.1) is 0 Å². The lowest BCUT2D eigenvalue weighted by Crippen LogP contribution is -2.46. The molecule has 1 heterocycles. The number of piperazine rings is 1. The van der Waals surface area contributed by atoms with Gasteiger partial charge in [-0.1, -0.05) is 18.2 Å². The molecule has 25 heavy (non-hydrogen) atoms. The van der Waals surface area contributed by atoms with Crippen LogP contribution in [0.25, 0.3) is 0 Å². The highest BCUT2D eigenvalue weighted by Gasteiger charge is 2.19. The molecule has 0 unspecified atom stereocenters. The van der Waals surface area contributed by atoms with Gasteiger partial charge in [-0.2, -0.15) is 0 Å². The number of anilines is 1. The predicted octanol–water partition coefficient (Wildman–Crippen LogP) is 4.18. The molecule has 0 spiro atoms. The number of hydrogen-bond acceptors (Lipinski definition) is 4. The Hall–Kier alpha value is -1.72. The molecule has 2 aromatic rings. The van der Waals surface area contributed by atoms with Gasteiger partial charge in [-0.05, 0) is 52.7 Å². The molecule has 4 nitrogen and oxygen atoms in total. The van der Waals surface area contributed by atoms with Gasteiger partial charge in [0.1, 0.15) is 11.5 Å². The van der Waals surface area contributed by atoms with Gasteiger partial charge in [0.2, 0.25) is 0 Å². The average molecular weight is 405 g/mol. The molecule has 1 aliphatic heterocycles. The van der Waals surface area contributed by atoms with Crippen LogP contribution in [-0.2, 0) is 6.54 Å². The number of methoxy groups -OCH3 is 1. The zero-order chi connectivity index (χ0) is 17.6. The first-order chi connectivity index (χ1) is 12.2. The Morgan fingerprint density at radius 1 is 1.00 bits per heavy atom. The Morgan fingerprint density at radius 2 is 1.76 bits per heavy atom. The fraction of sp³-hybridized carbons (Fsp3) is 0.400. The molecule has 134 valence electrons. The summed E-state index contributed by atoms with van der Waals surface area (Å²) in [6, 6.07) is 14.6. The van der Waals surface area contributed by atoms with Gasteiger partial charge in [0.15, 0.2) is 0 Å². The highest BCUT2D eigenvalue weighted by Crippen LogP contribution is 2.29. The number of nitrogens with zero attached hydrogens (tertiary/aromatic N) is 2. The van der Waals surface area contributed by atoms with Crippen molar-refractivity contribution in [1.29, 1.82) is 0 Å². The van der Waals surface area contributed by atoms with E-state index >= 15 is 0 Å². The van der Waals surface area contributed by atoms with Crippen molar-refractivity contribution in [2.45, 2.75) is 13.5 Å². The first-order valence-corrected chi connectivity index (χ1v) is 9.52. The molecule has 0 bridgehead atoms. The van der Waals surface area contributed by atoms with E-state index in [1.54, 1.807) is 7.11 Å². The highest BCUT2D eigenvalue weighted by molar-refractivity contribution is 9.10. The molecule has 3 rings (SSSR count). The van der Waals surface area contributed by atoms with Crippen molar-refractivity contribution in [2.75, 3.05) is 44.8 Å². The van der Waals surface area contributed by atoms with Gasteiger partial charge in [0.25, 0.3) is 0 Å². The number of rotatable bonds is 6. The lowest BCUT2D eigenvalue weighted by atomic mass is 10.1. The van der Waals surface area contributed by atoms with Crippen LogP contribution in [0.15, 0.2) is 46.9 Å². The van der Waals surface area contributed by atoms with Gasteiger partial charge in [-0.3, -0.25) is 4.90 Å². The van der Waals surface area contributed by atoms with Gasteiger partial charge in [-0.15, -0.1) is 0 Å². The normalized spacial score (nSPS) is 15.2. The van der Waals surface area contributed by atoms with Crippen LogP contribution < -0.4 is 14.4 Å². The zero-order valence-electron chi connectivity index (χ0n) is 14.9. The lowest BCUT2D eigenvalue weighted by Gasteiger charge is -2.36. The highest BCUT2D eigenvalue weighted by atomic mass is 79.9. The molecule has 2 aromatic carbocycles. The minimum absolute atomic E-state index is 0.698. The van der Waals surface area contributed by atoms with Gasteiger partial charge < -0.3 is 14.4 Å². The summed E-state index contributed by atoms with van der Waals surface area (Å²) in [6.45, 7) is 7.81. The Labute approximate surface area is 158 Å². The molecule has 1 fully saturated rings. The van der Waals surface area contributed by atoms with E-state index in [-0.39, 0.29) is 0 Å². The van der Waals surface area contributed by atoms with Crippen molar-refractivity contribution in [3.8, 4) is 11.5 Å². The number of hydrogen-bond donors (Lipinski definition) is 0. The lowest BCUT2D eigenvalue weighted by molar-refractivity contribution is 0.248. The number of ether oxygens (including phenoxy) is 2. The Kier molecular flexibility index (Phi) is 6.21. The van der Waals surface area contributed by atoms with Gasteiger partial charge >= 0.3 is 0 Å². The van der Waals surface area contributed by atoms with Crippen molar-refractivity contribution in [3.63, 3.8) is 0 Å². The fourth-order valence-electron chi connectivity index (χ4n) is 3.21. The minimum Gasteiger partial charge on any atom is -0.496 e. The van der Waals surface area contributed by atoms with Gasteiger partial charge in [0, 0.05) is 32.7 Å². The molecule has 5 heteroatoms. The molecule has 0 aromatic heterocycles. The molecular weight excluding hydrogens is 380 g/mol. The molecular formula is C20H25BrN2O2. The molecule has 1 aliphatic rings. The Morgan fingerprint density at radius 3 is 2.44 bits per heavy atom. The summed E-state index contributed by atoms with van der Waals surface area (Å²) >= 11 is 3.57. The van der Waals surface area contributed by atoms with Crippen molar-refractivity contribution in [1.82, 2.24) is 4.90 Å². The molecule has 0 atom stereocenters. The third-order valence-corrected chi connectivity index (χ3v) is 5.12. The monoisotopic (exact) mass is 404 g/mol. The molecule has 0 N–H and O–H groups in total. The van der Waals surface area contributed by atoms with Crippen LogP contribution in [0.1, 0.15) is 12.5 Å². The third-order valence-electron chi connectivity index (χ3n) is 4.50. The maximum absolute atomic E-state index is 5.78. The third kappa shape index (κ3) is 4.47. The molecule has 0 saturated carbocycles. The van der Waals surface area contributed by atoms with Crippen LogP contribution in [-0.4, -0.2) is 44.8 Å². The van der Waals surface area contributed by atoms with Crippen LogP contribution >= 0.6 is 15.9 Å². The molecule has 0 radical (unpaired) electrons. The summed E-state index contributed by atoms with van der Waals surface area (Å²) in [5, 5.41) is 0. The summed E-state index contributed by atoms with van der Waals surface area (Å²) < 4.78 is 12.1. The maximum atomic E-state index is 5.78. The van der Waals surface area contributed by atoms with E-state index in [9.17, 15) is 0 Å². The number of benzene rings is 2. The van der Waals surface area contributed by atoms with Crippen LogP contribution in [0.2, 0.25) is 0 Å². The van der Waals surface area contributed by atoms with Crippen LogP contribution in [0.3, 0.4) is 0 Å². The van der Waals surface area contributed by atoms with Gasteiger partial charge in [-0.25, -0.2) is 0 Å². The van der Waals surface area contributed by atoms with E-state index in [4.69, 9.17) is 9.47 Å². The quantitative estimate of drug-likeness (QED) is 0.720. The standard InChI is InChI=1S/C20H25BrN2O2/c1-3-25-20-7-5-4-6-18(20)23-12-10-22(11-13-23)15-16-8-9-19(24-2)17(21)14-16/h4-9,14H,3,10-13,15H2,1-2H3. The number of halogens is 1. The number of para-hydroxylation sites is 2. The largest absolute Gasteiger partial charge is 0.496 e. The molecule has 0 aliphatic carbocycles. The van der Waals surface area contributed by atoms with Crippen LogP contribution in [0.4, 0.5) is 5.69 Å². The molecule has 0 amide bonds. The summed E-state index contributed by atoms with van der Waals surface area (Å²) in [5.41, 5.74) is 2.51. The van der Waals surface area contributed by atoms with Crippen molar-refractivity contribution in [2.24, 2.45) is 0 Å². The Bertz CT molecular complexity index is 700. The van der Waals surface area contributed by atoms with Crippen LogP contribution in [0.5, 0.6) is 11.5 Å². The summed E-state index contributed by atoms with van der Waals surface area (Å²) in [6.07, 6.45) is 0. The predicted molar refractivity (Wildman–Crippen MR) is 106 cm³/mol. The van der Waals surface area contributed by atoms with E-state index in [1.807, 2.05) is 19.1 Å². The topological polar surface area (TPSA) is 24.9 Å². The van der Waals surface area contributed by atoms with E-state index in [1.165, 1.54) is 11.3 Å². The second-order valence-electron chi connectivity index (χ2n) is 6.13. The van der Waals surface area contributed by atoms with E-state index in [0.717, 1.165) is 48.7 Å². The Balaban J connectivity index is 1.60. The fourth-order valence-corrected chi connectivity index (χ4v) is 3.80. The maximum Gasteiger partial charge on any atom is 0.142 e. The first kappa shape index (κ1) is 18.1. The summed E-state index contributed by atoms with van der Waals surface area (Å²) in [7, 11) is 1.69. The molecule has 1 saturated heterocycles. The second kappa shape index (κ2) is 8.59. The van der Waals surface area contributed by atoms with Crippen molar-refractivity contribution >= 4 is 21.6 Å². The zero-order valence-corrected chi connectivity index (χ0v) is 16.5. The SMILES string of the molecule is CCOc1ccccc1N1CCN(Cc2ccc(OC)c(Br)c2)CC1. The van der Waals surface area contributed by atoms with Gasteiger partial charge in [0.05, 0.1) is 23.9 Å². The average Bonchev–Trinajstić information content (AvgIpc) is 2.63. The van der Waals surface area contributed by atoms with E-state index in [0.29, 0.717) is 6.61 Å².